The number of unbranched alkanes of at least 4 members (excludes halogenated alkanes) is 1. The van der Waals surface area contributed by atoms with Crippen LogP contribution in [0.3, 0.4) is 0 Å². The molecule has 1 saturated carbocycles. The summed E-state index contributed by atoms with van der Waals surface area (Å²) in [7, 11) is 0. The Morgan fingerprint density at radius 3 is 2.71 bits per heavy atom. The highest BCUT2D eigenvalue weighted by Gasteiger charge is 2.18. The summed E-state index contributed by atoms with van der Waals surface area (Å²) in [6.45, 7) is 0. The van der Waals surface area contributed by atoms with E-state index in [2.05, 4.69) is 22.6 Å². The lowest BCUT2D eigenvalue weighted by Crippen LogP contribution is -2.16. The van der Waals surface area contributed by atoms with Crippen LogP contribution in [0.2, 0.25) is 0 Å². The number of alkyl halides is 1. The second-order valence-corrected chi connectivity index (χ2v) is 5.38. The summed E-state index contributed by atoms with van der Waals surface area (Å²) in [5, 5.41) is 0. The maximum Gasteiger partial charge on any atom is 0.135 e. The SMILES string of the molecule is O=C1CCCCCCC1CCCCI. The van der Waals surface area contributed by atoms with Crippen molar-refractivity contribution in [3.05, 3.63) is 0 Å². The lowest BCUT2D eigenvalue weighted by molar-refractivity contribution is -0.123. The third kappa shape index (κ3) is 4.76. The number of Topliss-reactive ketones (excluding diaryl/α,β-unsaturated/α-hetero) is 1. The fourth-order valence-corrected chi connectivity index (χ4v) is 2.74. The molecular weight excluding hydrogens is 287 g/mol. The maximum absolute atomic E-state index is 11.8. The normalized spacial score (nSPS) is 24.4. The van der Waals surface area contributed by atoms with Crippen molar-refractivity contribution in [2.75, 3.05) is 4.43 Å². The maximum atomic E-state index is 11.8. The first-order valence-corrected chi connectivity index (χ1v) is 7.46. The van der Waals surface area contributed by atoms with Gasteiger partial charge in [0, 0.05) is 12.3 Å². The summed E-state index contributed by atoms with van der Waals surface area (Å²) in [6, 6.07) is 0. The second-order valence-electron chi connectivity index (χ2n) is 4.30. The Morgan fingerprint density at radius 2 is 1.93 bits per heavy atom. The average Bonchev–Trinajstić information content (AvgIpc) is 2.17. The third-order valence-electron chi connectivity index (χ3n) is 3.12. The van der Waals surface area contributed by atoms with Gasteiger partial charge < -0.3 is 0 Å². The zero-order valence-electron chi connectivity index (χ0n) is 8.93. The zero-order chi connectivity index (χ0) is 10.2. The van der Waals surface area contributed by atoms with Crippen LogP contribution in [0.4, 0.5) is 0 Å². The second kappa shape index (κ2) is 7.66. The molecule has 14 heavy (non-hydrogen) atoms. The van der Waals surface area contributed by atoms with Crippen LogP contribution in [0.5, 0.6) is 0 Å². The molecule has 0 aromatic heterocycles. The van der Waals surface area contributed by atoms with Gasteiger partial charge in [0.25, 0.3) is 0 Å². The minimum Gasteiger partial charge on any atom is -0.299 e. The number of rotatable bonds is 4. The summed E-state index contributed by atoms with van der Waals surface area (Å²) in [6.07, 6.45) is 10.7. The Balaban J connectivity index is 2.26. The van der Waals surface area contributed by atoms with Crippen LogP contribution in [0.25, 0.3) is 0 Å². The first kappa shape index (κ1) is 12.5. The molecular formula is C12H21IO. The van der Waals surface area contributed by atoms with E-state index in [4.69, 9.17) is 0 Å². The number of halogens is 1. The summed E-state index contributed by atoms with van der Waals surface area (Å²) >= 11 is 2.42. The van der Waals surface area contributed by atoms with E-state index in [1.807, 2.05) is 0 Å². The van der Waals surface area contributed by atoms with Gasteiger partial charge in [-0.25, -0.2) is 0 Å². The molecule has 0 bridgehead atoms. The first-order chi connectivity index (χ1) is 6.84. The highest BCUT2D eigenvalue weighted by atomic mass is 127. The molecule has 0 heterocycles. The lowest BCUT2D eigenvalue weighted by atomic mass is 9.87. The van der Waals surface area contributed by atoms with E-state index < -0.39 is 0 Å². The van der Waals surface area contributed by atoms with Gasteiger partial charge in [0.15, 0.2) is 0 Å². The molecule has 0 spiro atoms. The van der Waals surface area contributed by atoms with Crippen molar-refractivity contribution in [2.45, 2.75) is 57.8 Å². The number of hydrogen-bond donors (Lipinski definition) is 0. The number of hydrogen-bond acceptors (Lipinski definition) is 1. The van der Waals surface area contributed by atoms with E-state index in [1.54, 1.807) is 0 Å². The van der Waals surface area contributed by atoms with Crippen molar-refractivity contribution < 1.29 is 4.79 Å². The van der Waals surface area contributed by atoms with Crippen molar-refractivity contribution in [2.24, 2.45) is 5.92 Å². The predicted octanol–water partition coefficient (Wildman–Crippen LogP) is 4.13. The summed E-state index contributed by atoms with van der Waals surface area (Å²) in [4.78, 5) is 11.8. The Kier molecular flexibility index (Phi) is 6.82. The van der Waals surface area contributed by atoms with Gasteiger partial charge in [-0.1, -0.05) is 48.3 Å². The molecule has 1 unspecified atom stereocenters. The van der Waals surface area contributed by atoms with E-state index in [9.17, 15) is 4.79 Å². The molecule has 0 radical (unpaired) electrons. The molecule has 1 aliphatic rings. The van der Waals surface area contributed by atoms with Crippen molar-refractivity contribution in [3.63, 3.8) is 0 Å². The Hall–Kier alpha value is 0.400. The van der Waals surface area contributed by atoms with Crippen molar-refractivity contribution in [1.29, 1.82) is 0 Å². The molecule has 0 N–H and O–H groups in total. The van der Waals surface area contributed by atoms with Gasteiger partial charge in [0.1, 0.15) is 5.78 Å². The van der Waals surface area contributed by atoms with E-state index in [0.29, 0.717) is 11.7 Å². The molecule has 0 aromatic carbocycles. The Bertz CT molecular complexity index is 168. The summed E-state index contributed by atoms with van der Waals surface area (Å²) < 4.78 is 1.23. The number of carbonyl (C=O) groups excluding carboxylic acids is 1. The Morgan fingerprint density at radius 1 is 1.14 bits per heavy atom. The zero-order valence-corrected chi connectivity index (χ0v) is 11.1. The van der Waals surface area contributed by atoms with Gasteiger partial charge >= 0.3 is 0 Å². The molecule has 0 aromatic rings. The molecule has 0 aliphatic heterocycles. The lowest BCUT2D eigenvalue weighted by Gasteiger charge is -2.18. The first-order valence-electron chi connectivity index (χ1n) is 5.93. The van der Waals surface area contributed by atoms with E-state index in [-0.39, 0.29) is 0 Å². The quantitative estimate of drug-likeness (QED) is 0.433. The molecule has 1 fully saturated rings. The molecule has 1 aliphatic carbocycles. The van der Waals surface area contributed by atoms with Gasteiger partial charge in [0.05, 0.1) is 0 Å². The summed E-state index contributed by atoms with van der Waals surface area (Å²) in [5.74, 6) is 0.969. The van der Waals surface area contributed by atoms with Gasteiger partial charge in [-0.3, -0.25) is 4.79 Å². The molecule has 0 amide bonds. The van der Waals surface area contributed by atoms with E-state index in [0.717, 1.165) is 19.3 Å². The Labute approximate surface area is 101 Å². The number of ketones is 1. The highest BCUT2D eigenvalue weighted by Crippen LogP contribution is 2.23. The van der Waals surface area contributed by atoms with Crippen molar-refractivity contribution >= 4 is 28.4 Å². The van der Waals surface area contributed by atoms with Crippen LogP contribution < -0.4 is 0 Å². The smallest absolute Gasteiger partial charge is 0.135 e. The minimum atomic E-state index is 0.415. The topological polar surface area (TPSA) is 17.1 Å². The molecule has 1 atom stereocenters. The summed E-state index contributed by atoms with van der Waals surface area (Å²) in [5.41, 5.74) is 0. The van der Waals surface area contributed by atoms with Crippen LogP contribution in [-0.4, -0.2) is 10.2 Å². The molecule has 0 saturated heterocycles. The van der Waals surface area contributed by atoms with Gasteiger partial charge in [0.2, 0.25) is 0 Å². The van der Waals surface area contributed by atoms with Crippen LogP contribution in [0.1, 0.15) is 57.8 Å². The standard InChI is InChI=1S/C12H21IO/c13-10-6-5-8-11-7-3-1-2-4-9-12(11)14/h11H,1-10H2. The van der Waals surface area contributed by atoms with Crippen molar-refractivity contribution in [1.82, 2.24) is 0 Å². The highest BCUT2D eigenvalue weighted by molar-refractivity contribution is 14.1. The third-order valence-corrected chi connectivity index (χ3v) is 3.88. The van der Waals surface area contributed by atoms with Crippen LogP contribution >= 0.6 is 22.6 Å². The number of carbonyl (C=O) groups is 1. The van der Waals surface area contributed by atoms with E-state index >= 15 is 0 Å². The molecule has 2 heteroatoms. The monoisotopic (exact) mass is 308 g/mol. The van der Waals surface area contributed by atoms with Gasteiger partial charge in [-0.2, -0.15) is 0 Å². The van der Waals surface area contributed by atoms with Crippen molar-refractivity contribution in [3.8, 4) is 0 Å². The largest absolute Gasteiger partial charge is 0.299 e. The van der Waals surface area contributed by atoms with Crippen LogP contribution in [0.15, 0.2) is 0 Å². The average molecular weight is 308 g/mol. The van der Waals surface area contributed by atoms with Gasteiger partial charge in [-0.05, 0) is 30.1 Å². The van der Waals surface area contributed by atoms with Gasteiger partial charge in [-0.15, -0.1) is 0 Å². The van der Waals surface area contributed by atoms with Crippen LogP contribution in [0, 0.1) is 5.92 Å². The molecule has 82 valence electrons. The van der Waals surface area contributed by atoms with E-state index in [1.165, 1.54) is 43.0 Å². The minimum absolute atomic E-state index is 0.415. The molecule has 1 nitrogen and oxygen atoms in total. The predicted molar refractivity (Wildman–Crippen MR) is 68.9 cm³/mol. The van der Waals surface area contributed by atoms with Crippen LogP contribution in [-0.2, 0) is 4.79 Å². The fraction of sp³-hybridized carbons (Fsp3) is 0.917. The molecule has 1 rings (SSSR count). The fourth-order valence-electron chi connectivity index (χ4n) is 2.20.